The third kappa shape index (κ3) is 5.58. The van der Waals surface area contributed by atoms with Crippen LogP contribution in [-0.4, -0.2) is 15.0 Å². The highest BCUT2D eigenvalue weighted by molar-refractivity contribution is 7.88. The van der Waals surface area contributed by atoms with Gasteiger partial charge in [0.2, 0.25) is 10.0 Å². The van der Waals surface area contributed by atoms with E-state index < -0.39 is 10.0 Å². The first-order chi connectivity index (χ1) is 10.4. The minimum atomic E-state index is -3.38. The Morgan fingerprint density at radius 2 is 1.55 bits per heavy atom. The third-order valence-corrected chi connectivity index (χ3v) is 4.71. The molecule has 22 heavy (non-hydrogen) atoms. The second kappa shape index (κ2) is 7.51. The van der Waals surface area contributed by atoms with Gasteiger partial charge in [0.15, 0.2) is 0 Å². The van der Waals surface area contributed by atoms with E-state index >= 15 is 0 Å². The Morgan fingerprint density at radius 1 is 0.955 bits per heavy atom. The highest BCUT2D eigenvalue weighted by atomic mass is 32.2. The second-order valence-electron chi connectivity index (χ2n) is 5.37. The average Bonchev–Trinajstić information content (AvgIpc) is 2.48. The fraction of sp³-hybridized carbons (Fsp3) is 0.294. The lowest BCUT2D eigenvalue weighted by Gasteiger charge is -2.07. The normalized spacial score (nSPS) is 11.5. The van der Waals surface area contributed by atoms with Crippen molar-refractivity contribution in [2.75, 3.05) is 6.54 Å². The van der Waals surface area contributed by atoms with Crippen LogP contribution in [0.2, 0.25) is 0 Å². The Morgan fingerprint density at radius 3 is 2.18 bits per heavy atom. The van der Waals surface area contributed by atoms with Crippen molar-refractivity contribution in [3.63, 3.8) is 0 Å². The van der Waals surface area contributed by atoms with Crippen LogP contribution in [0.1, 0.15) is 23.1 Å². The molecule has 0 radical (unpaired) electrons. The van der Waals surface area contributed by atoms with Gasteiger partial charge in [-0.1, -0.05) is 42.0 Å². The number of aryl methyl sites for hydroxylation is 2. The molecule has 118 valence electrons. The molecular formula is C17H20FNO2S. The number of hydrogen-bond acceptors (Lipinski definition) is 2. The van der Waals surface area contributed by atoms with Crippen LogP contribution in [0.25, 0.3) is 0 Å². The van der Waals surface area contributed by atoms with Crippen molar-refractivity contribution in [3.8, 4) is 0 Å². The lowest BCUT2D eigenvalue weighted by Crippen LogP contribution is -2.26. The van der Waals surface area contributed by atoms with Crippen LogP contribution in [0, 0.1) is 12.7 Å². The maximum absolute atomic E-state index is 12.8. The summed E-state index contributed by atoms with van der Waals surface area (Å²) in [5, 5.41) is 0. The molecular weight excluding hydrogens is 301 g/mol. The molecule has 5 heteroatoms. The summed E-state index contributed by atoms with van der Waals surface area (Å²) in [4.78, 5) is 0. The molecule has 2 aromatic carbocycles. The maximum Gasteiger partial charge on any atom is 0.215 e. The van der Waals surface area contributed by atoms with Crippen LogP contribution >= 0.6 is 0 Å². The summed E-state index contributed by atoms with van der Waals surface area (Å²) in [6, 6.07) is 13.7. The second-order valence-corrected chi connectivity index (χ2v) is 7.18. The van der Waals surface area contributed by atoms with E-state index in [1.54, 1.807) is 0 Å². The van der Waals surface area contributed by atoms with E-state index in [-0.39, 0.29) is 11.6 Å². The van der Waals surface area contributed by atoms with E-state index in [1.165, 1.54) is 35.4 Å². The van der Waals surface area contributed by atoms with Crippen LogP contribution in [0.5, 0.6) is 0 Å². The quantitative estimate of drug-likeness (QED) is 0.796. The number of hydrogen-bond donors (Lipinski definition) is 1. The zero-order valence-corrected chi connectivity index (χ0v) is 13.4. The Kier molecular flexibility index (Phi) is 5.69. The van der Waals surface area contributed by atoms with Crippen molar-refractivity contribution in [2.45, 2.75) is 25.5 Å². The lowest BCUT2D eigenvalue weighted by molar-refractivity contribution is 0.578. The Hall–Kier alpha value is -1.72. The summed E-state index contributed by atoms with van der Waals surface area (Å²) in [5.74, 6) is -0.495. The molecule has 0 saturated heterocycles. The standard InChI is InChI=1S/C17H20FNO2S/c1-14-4-6-15(7-5-14)3-2-12-19-22(20,21)13-16-8-10-17(18)11-9-16/h4-11,19H,2-3,12-13H2,1H3. The number of benzene rings is 2. The Balaban J connectivity index is 1.77. The van der Waals surface area contributed by atoms with Crippen LogP contribution in [-0.2, 0) is 22.2 Å². The highest BCUT2D eigenvalue weighted by Crippen LogP contribution is 2.08. The topological polar surface area (TPSA) is 46.2 Å². The zero-order chi connectivity index (χ0) is 16.0. The van der Waals surface area contributed by atoms with Gasteiger partial charge in [-0.25, -0.2) is 17.5 Å². The van der Waals surface area contributed by atoms with Crippen molar-refractivity contribution in [3.05, 3.63) is 71.0 Å². The van der Waals surface area contributed by atoms with Gasteiger partial charge >= 0.3 is 0 Å². The molecule has 0 aliphatic heterocycles. The Labute approximate surface area is 131 Å². The summed E-state index contributed by atoms with van der Waals surface area (Å²) in [6.07, 6.45) is 1.57. The van der Waals surface area contributed by atoms with Crippen molar-refractivity contribution >= 4 is 10.0 Å². The number of rotatable bonds is 7. The van der Waals surface area contributed by atoms with Crippen molar-refractivity contribution in [2.24, 2.45) is 0 Å². The molecule has 0 heterocycles. The molecule has 0 bridgehead atoms. The van der Waals surface area contributed by atoms with Gasteiger partial charge in [-0.15, -0.1) is 0 Å². The number of halogens is 1. The van der Waals surface area contributed by atoms with Crippen LogP contribution < -0.4 is 4.72 Å². The largest absolute Gasteiger partial charge is 0.215 e. The van der Waals surface area contributed by atoms with E-state index in [0.717, 1.165) is 12.8 Å². The minimum absolute atomic E-state index is 0.127. The molecule has 0 aliphatic rings. The van der Waals surface area contributed by atoms with Crippen LogP contribution in [0.15, 0.2) is 48.5 Å². The number of nitrogens with one attached hydrogen (secondary N) is 1. The molecule has 0 aromatic heterocycles. The molecule has 0 unspecified atom stereocenters. The van der Waals surface area contributed by atoms with Crippen molar-refractivity contribution < 1.29 is 12.8 Å². The van der Waals surface area contributed by atoms with Gasteiger partial charge in [-0.2, -0.15) is 0 Å². The minimum Gasteiger partial charge on any atom is -0.215 e. The molecule has 0 spiro atoms. The first-order valence-corrected chi connectivity index (χ1v) is 8.87. The maximum atomic E-state index is 12.8. The monoisotopic (exact) mass is 321 g/mol. The van der Waals surface area contributed by atoms with Gasteiger partial charge < -0.3 is 0 Å². The summed E-state index contributed by atoms with van der Waals surface area (Å²) in [5.41, 5.74) is 2.99. The molecule has 0 amide bonds. The van der Waals surface area contributed by atoms with Crippen LogP contribution in [0.3, 0.4) is 0 Å². The Bertz CT molecular complexity index is 694. The summed E-state index contributed by atoms with van der Waals surface area (Å²) in [6.45, 7) is 2.44. The van der Waals surface area contributed by atoms with Gasteiger partial charge in [0.05, 0.1) is 5.75 Å². The van der Waals surface area contributed by atoms with Crippen molar-refractivity contribution in [1.82, 2.24) is 4.72 Å². The van der Waals surface area contributed by atoms with E-state index in [2.05, 4.69) is 16.9 Å². The fourth-order valence-electron chi connectivity index (χ4n) is 2.13. The van der Waals surface area contributed by atoms with E-state index in [9.17, 15) is 12.8 Å². The third-order valence-electron chi connectivity index (χ3n) is 3.35. The summed E-state index contributed by atoms with van der Waals surface area (Å²) >= 11 is 0. The fourth-order valence-corrected chi connectivity index (χ4v) is 3.31. The first kappa shape index (κ1) is 16.6. The van der Waals surface area contributed by atoms with Gasteiger partial charge in [0.25, 0.3) is 0 Å². The smallest absolute Gasteiger partial charge is 0.215 e. The average molecular weight is 321 g/mol. The van der Waals surface area contributed by atoms with E-state index in [1.807, 2.05) is 19.1 Å². The predicted octanol–water partition coefficient (Wildman–Crippen LogP) is 3.19. The molecule has 1 N–H and O–H groups in total. The van der Waals surface area contributed by atoms with E-state index in [0.29, 0.717) is 12.1 Å². The highest BCUT2D eigenvalue weighted by Gasteiger charge is 2.10. The summed E-state index contributed by atoms with van der Waals surface area (Å²) in [7, 11) is -3.38. The first-order valence-electron chi connectivity index (χ1n) is 7.22. The molecule has 3 nitrogen and oxygen atoms in total. The summed E-state index contributed by atoms with van der Waals surface area (Å²) < 4.78 is 39.2. The SMILES string of the molecule is Cc1ccc(CCCNS(=O)(=O)Cc2ccc(F)cc2)cc1. The van der Waals surface area contributed by atoms with Gasteiger partial charge in [0, 0.05) is 6.54 Å². The lowest BCUT2D eigenvalue weighted by atomic mass is 10.1. The van der Waals surface area contributed by atoms with E-state index in [4.69, 9.17) is 0 Å². The van der Waals surface area contributed by atoms with Crippen LogP contribution in [0.4, 0.5) is 4.39 Å². The molecule has 2 rings (SSSR count). The molecule has 2 aromatic rings. The zero-order valence-electron chi connectivity index (χ0n) is 12.5. The van der Waals surface area contributed by atoms with Gasteiger partial charge in [-0.05, 0) is 43.0 Å². The number of sulfonamides is 1. The molecule has 0 saturated carbocycles. The predicted molar refractivity (Wildman–Crippen MR) is 86.5 cm³/mol. The molecule has 0 aliphatic carbocycles. The van der Waals surface area contributed by atoms with Crippen molar-refractivity contribution in [1.29, 1.82) is 0 Å². The van der Waals surface area contributed by atoms with Gasteiger partial charge in [0.1, 0.15) is 5.82 Å². The van der Waals surface area contributed by atoms with Gasteiger partial charge in [-0.3, -0.25) is 0 Å². The molecule has 0 fully saturated rings. The molecule has 0 atom stereocenters.